The normalized spacial score (nSPS) is 16.8. The molecule has 19 heavy (non-hydrogen) atoms. The van der Waals surface area contributed by atoms with Gasteiger partial charge in [-0.05, 0) is 30.2 Å². The highest BCUT2D eigenvalue weighted by atomic mass is 32.1. The van der Waals surface area contributed by atoms with E-state index in [2.05, 4.69) is 17.3 Å². The largest absolute Gasteiger partial charge is 0.337 e. The Morgan fingerprint density at radius 1 is 1.37 bits per heavy atom. The summed E-state index contributed by atoms with van der Waals surface area (Å²) >= 11 is 3.20. The molecular weight excluding hydrogens is 276 g/mol. The molecule has 0 spiro atoms. The summed E-state index contributed by atoms with van der Waals surface area (Å²) in [5, 5.41) is 6.92. The van der Waals surface area contributed by atoms with Crippen LogP contribution < -0.4 is 0 Å². The van der Waals surface area contributed by atoms with Crippen molar-refractivity contribution in [2.24, 2.45) is 5.92 Å². The Kier molecular flexibility index (Phi) is 3.66. The molecule has 1 amide bonds. The van der Waals surface area contributed by atoms with Gasteiger partial charge in [0.1, 0.15) is 10.7 Å². The number of thiophene rings is 1. The first-order valence-electron chi connectivity index (χ1n) is 6.51. The summed E-state index contributed by atoms with van der Waals surface area (Å²) < 4.78 is 0. The van der Waals surface area contributed by atoms with Crippen molar-refractivity contribution in [3.8, 4) is 10.6 Å². The van der Waals surface area contributed by atoms with Crippen LogP contribution in [0.2, 0.25) is 0 Å². The maximum absolute atomic E-state index is 12.4. The minimum atomic E-state index is 0.0876. The number of rotatable bonds is 2. The molecule has 0 bridgehead atoms. The van der Waals surface area contributed by atoms with E-state index in [1.807, 2.05) is 21.7 Å². The van der Waals surface area contributed by atoms with E-state index in [1.165, 1.54) is 0 Å². The van der Waals surface area contributed by atoms with Gasteiger partial charge < -0.3 is 4.90 Å². The molecule has 3 heterocycles. The molecule has 1 aliphatic heterocycles. The molecule has 2 aromatic rings. The van der Waals surface area contributed by atoms with Crippen molar-refractivity contribution in [1.29, 1.82) is 0 Å². The fourth-order valence-corrected chi connectivity index (χ4v) is 3.77. The number of carbonyl (C=O) groups excluding carboxylic acids is 1. The summed E-state index contributed by atoms with van der Waals surface area (Å²) in [6.07, 6.45) is 2.21. The van der Waals surface area contributed by atoms with Crippen molar-refractivity contribution in [2.75, 3.05) is 13.1 Å². The van der Waals surface area contributed by atoms with Crippen molar-refractivity contribution in [1.82, 2.24) is 9.88 Å². The van der Waals surface area contributed by atoms with E-state index in [0.29, 0.717) is 5.69 Å². The van der Waals surface area contributed by atoms with Crippen LogP contribution in [0.25, 0.3) is 10.6 Å². The molecule has 100 valence electrons. The number of hydrogen-bond acceptors (Lipinski definition) is 4. The lowest BCUT2D eigenvalue weighted by atomic mass is 9.99. The van der Waals surface area contributed by atoms with Gasteiger partial charge >= 0.3 is 0 Å². The van der Waals surface area contributed by atoms with E-state index in [0.717, 1.165) is 42.4 Å². The Morgan fingerprint density at radius 3 is 2.84 bits per heavy atom. The predicted octanol–water partition coefficient (Wildman–Crippen LogP) is 3.74. The maximum Gasteiger partial charge on any atom is 0.273 e. The van der Waals surface area contributed by atoms with E-state index in [4.69, 9.17) is 0 Å². The summed E-state index contributed by atoms with van der Waals surface area (Å²) in [6.45, 7) is 3.98. The van der Waals surface area contributed by atoms with Crippen LogP contribution >= 0.6 is 22.7 Å². The zero-order valence-corrected chi connectivity index (χ0v) is 12.5. The maximum atomic E-state index is 12.4. The van der Waals surface area contributed by atoms with Crippen LogP contribution in [0.4, 0.5) is 0 Å². The molecule has 1 saturated heterocycles. The number of likely N-dealkylation sites (tertiary alicyclic amines) is 1. The lowest BCUT2D eigenvalue weighted by molar-refractivity contribution is 0.0692. The number of thiazole rings is 1. The SMILES string of the molecule is CC1CCN(C(=O)c2csc(-c3ccsc3)n2)CC1. The number of amides is 1. The van der Waals surface area contributed by atoms with Crippen LogP contribution in [0.1, 0.15) is 30.3 Å². The summed E-state index contributed by atoms with van der Waals surface area (Å²) in [5.74, 6) is 0.825. The minimum Gasteiger partial charge on any atom is -0.337 e. The zero-order valence-electron chi connectivity index (χ0n) is 10.8. The van der Waals surface area contributed by atoms with Crippen LogP contribution in [-0.2, 0) is 0 Å². The monoisotopic (exact) mass is 292 g/mol. The van der Waals surface area contributed by atoms with Crippen LogP contribution in [0.5, 0.6) is 0 Å². The van der Waals surface area contributed by atoms with E-state index >= 15 is 0 Å². The smallest absolute Gasteiger partial charge is 0.273 e. The van der Waals surface area contributed by atoms with Gasteiger partial charge in [-0.3, -0.25) is 4.79 Å². The Balaban J connectivity index is 1.74. The molecular formula is C14H16N2OS2. The number of nitrogens with zero attached hydrogens (tertiary/aromatic N) is 2. The Hall–Kier alpha value is -1.20. The van der Waals surface area contributed by atoms with E-state index < -0.39 is 0 Å². The zero-order chi connectivity index (χ0) is 13.2. The molecule has 0 aromatic carbocycles. The van der Waals surface area contributed by atoms with Crippen molar-refractivity contribution in [2.45, 2.75) is 19.8 Å². The van der Waals surface area contributed by atoms with E-state index in [9.17, 15) is 4.79 Å². The van der Waals surface area contributed by atoms with E-state index in [-0.39, 0.29) is 5.91 Å². The third kappa shape index (κ3) is 2.72. The molecule has 1 fully saturated rings. The Morgan fingerprint density at radius 2 is 2.16 bits per heavy atom. The molecule has 0 N–H and O–H groups in total. The number of carbonyl (C=O) groups is 1. The molecule has 2 aromatic heterocycles. The van der Waals surface area contributed by atoms with Gasteiger partial charge in [0.15, 0.2) is 0 Å². The van der Waals surface area contributed by atoms with Gasteiger partial charge in [-0.15, -0.1) is 11.3 Å². The molecule has 0 atom stereocenters. The van der Waals surface area contributed by atoms with Gasteiger partial charge in [0.05, 0.1) is 0 Å². The highest BCUT2D eigenvalue weighted by molar-refractivity contribution is 7.14. The van der Waals surface area contributed by atoms with Crippen molar-refractivity contribution in [3.63, 3.8) is 0 Å². The Bertz CT molecular complexity index is 554. The van der Waals surface area contributed by atoms with Crippen LogP contribution in [0.3, 0.4) is 0 Å². The first kappa shape index (κ1) is 12.8. The van der Waals surface area contributed by atoms with Crippen LogP contribution in [-0.4, -0.2) is 28.9 Å². The van der Waals surface area contributed by atoms with Crippen molar-refractivity contribution in [3.05, 3.63) is 27.9 Å². The van der Waals surface area contributed by atoms with Crippen molar-refractivity contribution < 1.29 is 4.79 Å². The fourth-order valence-electron chi connectivity index (χ4n) is 2.26. The molecule has 0 unspecified atom stereocenters. The second-order valence-corrected chi connectivity index (χ2v) is 6.66. The molecule has 3 nitrogen and oxygen atoms in total. The summed E-state index contributed by atoms with van der Waals surface area (Å²) in [6, 6.07) is 2.04. The highest BCUT2D eigenvalue weighted by Crippen LogP contribution is 2.26. The summed E-state index contributed by atoms with van der Waals surface area (Å²) in [4.78, 5) is 18.8. The average Bonchev–Trinajstić information content (AvgIpc) is 3.10. The number of hydrogen-bond donors (Lipinski definition) is 0. The Labute approximate surface area is 120 Å². The van der Waals surface area contributed by atoms with Crippen molar-refractivity contribution >= 4 is 28.6 Å². The first-order valence-corrected chi connectivity index (χ1v) is 8.33. The molecule has 0 radical (unpaired) electrons. The van der Waals surface area contributed by atoms with Crippen LogP contribution in [0, 0.1) is 5.92 Å². The molecule has 3 rings (SSSR count). The predicted molar refractivity (Wildman–Crippen MR) is 79.7 cm³/mol. The van der Waals surface area contributed by atoms with Crippen LogP contribution in [0.15, 0.2) is 22.2 Å². The summed E-state index contributed by atoms with van der Waals surface area (Å²) in [7, 11) is 0. The molecule has 5 heteroatoms. The summed E-state index contributed by atoms with van der Waals surface area (Å²) in [5.41, 5.74) is 1.71. The third-order valence-corrected chi connectivity index (χ3v) is 5.14. The molecule has 0 saturated carbocycles. The first-order chi connectivity index (χ1) is 9.24. The van der Waals surface area contributed by atoms with Gasteiger partial charge in [0.2, 0.25) is 0 Å². The van der Waals surface area contributed by atoms with Gasteiger partial charge in [0.25, 0.3) is 5.91 Å². The number of piperidine rings is 1. The lowest BCUT2D eigenvalue weighted by Crippen LogP contribution is -2.38. The lowest BCUT2D eigenvalue weighted by Gasteiger charge is -2.29. The fraction of sp³-hybridized carbons (Fsp3) is 0.429. The van der Waals surface area contributed by atoms with Gasteiger partial charge in [-0.1, -0.05) is 6.92 Å². The van der Waals surface area contributed by atoms with E-state index in [1.54, 1.807) is 22.7 Å². The molecule has 0 aliphatic carbocycles. The van der Waals surface area contributed by atoms with Gasteiger partial charge in [0, 0.05) is 29.4 Å². The minimum absolute atomic E-state index is 0.0876. The third-order valence-electron chi connectivity index (χ3n) is 3.56. The second-order valence-electron chi connectivity index (χ2n) is 5.02. The second kappa shape index (κ2) is 5.43. The van der Waals surface area contributed by atoms with Gasteiger partial charge in [-0.25, -0.2) is 4.98 Å². The quantitative estimate of drug-likeness (QED) is 0.844. The highest BCUT2D eigenvalue weighted by Gasteiger charge is 2.23. The van der Waals surface area contributed by atoms with Gasteiger partial charge in [-0.2, -0.15) is 11.3 Å². The standard InChI is InChI=1S/C14H16N2OS2/c1-10-2-5-16(6-3-10)14(17)12-9-19-13(15-12)11-4-7-18-8-11/h4,7-10H,2-3,5-6H2,1H3. The topological polar surface area (TPSA) is 33.2 Å². The average molecular weight is 292 g/mol. The molecule has 1 aliphatic rings. The number of aromatic nitrogens is 1.